The molecule has 2 aliphatic rings. The van der Waals surface area contributed by atoms with E-state index in [4.69, 9.17) is 4.42 Å². The van der Waals surface area contributed by atoms with Gasteiger partial charge >= 0.3 is 6.01 Å². The maximum Gasteiger partial charge on any atom is 0.323 e. The van der Waals surface area contributed by atoms with Gasteiger partial charge < -0.3 is 15.1 Å². The number of hydrogen-bond donors (Lipinski definition) is 2. The van der Waals surface area contributed by atoms with E-state index in [1.165, 1.54) is 23.6 Å². The molecule has 9 nitrogen and oxygen atoms in total. The molecule has 3 aromatic heterocycles. The summed E-state index contributed by atoms with van der Waals surface area (Å²) in [5.74, 6) is 0.366. The standard InChI is InChI=1S/C24H26FN7O2/c1-14(2)31-21(33)18-11-27-22(28-17-4-3-16-10-26-8-5-15(16)9-17)30-20(18)32(31)23-29-19(12-34-23)24(13-25)6-7-24/h3-4,9,11-12,14,26H,5-8,10,13H2,1-2H3,(H,27,28,30). The lowest BCUT2D eigenvalue weighted by Gasteiger charge is -2.18. The number of hydrogen-bond acceptors (Lipinski definition) is 7. The van der Waals surface area contributed by atoms with Crippen molar-refractivity contribution in [2.75, 3.05) is 18.5 Å². The van der Waals surface area contributed by atoms with Gasteiger partial charge in [-0.3, -0.25) is 9.18 Å². The van der Waals surface area contributed by atoms with Crippen LogP contribution in [0.2, 0.25) is 0 Å². The van der Waals surface area contributed by atoms with Gasteiger partial charge in [0.2, 0.25) is 5.95 Å². The molecule has 1 saturated carbocycles. The number of oxazole rings is 1. The molecule has 6 rings (SSSR count). The highest BCUT2D eigenvalue weighted by atomic mass is 19.1. The first-order valence-electron chi connectivity index (χ1n) is 11.6. The fraction of sp³-hybridized carbons (Fsp3) is 0.417. The first-order chi connectivity index (χ1) is 16.5. The number of rotatable bonds is 6. The number of halogens is 1. The summed E-state index contributed by atoms with van der Waals surface area (Å²) in [5.41, 5.74) is 3.64. The summed E-state index contributed by atoms with van der Waals surface area (Å²) in [6.45, 7) is 5.15. The van der Waals surface area contributed by atoms with Crippen LogP contribution in [0, 0.1) is 0 Å². The fourth-order valence-corrected chi connectivity index (χ4v) is 4.61. The third-order valence-electron chi connectivity index (χ3n) is 6.79. The maximum atomic E-state index is 13.6. The van der Waals surface area contributed by atoms with Gasteiger partial charge in [-0.2, -0.15) is 14.6 Å². The van der Waals surface area contributed by atoms with E-state index in [1.54, 1.807) is 9.36 Å². The fourth-order valence-electron chi connectivity index (χ4n) is 4.61. The summed E-state index contributed by atoms with van der Waals surface area (Å²) in [4.78, 5) is 26.8. The molecule has 0 atom stereocenters. The predicted octanol–water partition coefficient (Wildman–Crippen LogP) is 3.54. The van der Waals surface area contributed by atoms with Crippen molar-refractivity contribution in [3.05, 3.63) is 57.8 Å². The van der Waals surface area contributed by atoms with Crippen molar-refractivity contribution in [3.8, 4) is 6.01 Å². The van der Waals surface area contributed by atoms with Crippen LogP contribution < -0.4 is 16.2 Å². The van der Waals surface area contributed by atoms with Gasteiger partial charge in [0.15, 0.2) is 5.65 Å². The highest BCUT2D eigenvalue weighted by molar-refractivity contribution is 5.76. The Morgan fingerprint density at radius 1 is 1.26 bits per heavy atom. The summed E-state index contributed by atoms with van der Waals surface area (Å²) < 4.78 is 22.5. The number of alkyl halides is 1. The number of nitrogens with one attached hydrogen (secondary N) is 2. The molecule has 0 amide bonds. The highest BCUT2D eigenvalue weighted by Gasteiger charge is 2.47. The molecule has 34 heavy (non-hydrogen) atoms. The molecular formula is C24H26FN7O2. The van der Waals surface area contributed by atoms with Gasteiger partial charge in [0, 0.05) is 29.9 Å². The first-order valence-corrected chi connectivity index (χ1v) is 11.6. The molecule has 10 heteroatoms. The van der Waals surface area contributed by atoms with Gasteiger partial charge in [-0.15, -0.1) is 0 Å². The van der Waals surface area contributed by atoms with Gasteiger partial charge in [0.05, 0.1) is 5.69 Å². The minimum atomic E-state index is -0.558. The highest BCUT2D eigenvalue weighted by Crippen LogP contribution is 2.48. The van der Waals surface area contributed by atoms with Crippen LogP contribution in [0.15, 0.2) is 39.9 Å². The second kappa shape index (κ2) is 7.76. The predicted molar refractivity (Wildman–Crippen MR) is 126 cm³/mol. The van der Waals surface area contributed by atoms with Crippen molar-refractivity contribution in [1.29, 1.82) is 0 Å². The maximum absolute atomic E-state index is 13.6. The summed E-state index contributed by atoms with van der Waals surface area (Å²) in [5, 5.41) is 7.00. The van der Waals surface area contributed by atoms with E-state index in [0.717, 1.165) is 38.0 Å². The molecule has 0 unspecified atom stereocenters. The van der Waals surface area contributed by atoms with Gasteiger partial charge in [-0.05, 0) is 62.9 Å². The van der Waals surface area contributed by atoms with Crippen LogP contribution in [0.4, 0.5) is 16.0 Å². The number of fused-ring (bicyclic) bond motifs is 2. The van der Waals surface area contributed by atoms with E-state index >= 15 is 0 Å². The van der Waals surface area contributed by atoms with Gasteiger partial charge in [0.1, 0.15) is 18.3 Å². The van der Waals surface area contributed by atoms with Crippen LogP contribution in [-0.4, -0.2) is 37.5 Å². The van der Waals surface area contributed by atoms with Gasteiger partial charge in [-0.25, -0.2) is 9.67 Å². The quantitative estimate of drug-likeness (QED) is 0.451. The van der Waals surface area contributed by atoms with Gasteiger partial charge in [-0.1, -0.05) is 6.07 Å². The third kappa shape index (κ3) is 3.32. The smallest absolute Gasteiger partial charge is 0.323 e. The molecule has 0 spiro atoms. The Morgan fingerprint density at radius 3 is 2.88 bits per heavy atom. The summed E-state index contributed by atoms with van der Waals surface area (Å²) >= 11 is 0. The Labute approximate surface area is 195 Å². The van der Waals surface area contributed by atoms with Crippen LogP contribution in [0.25, 0.3) is 17.0 Å². The zero-order valence-corrected chi connectivity index (χ0v) is 19.1. The molecule has 4 heterocycles. The number of anilines is 2. The van der Waals surface area contributed by atoms with Crippen molar-refractivity contribution in [2.24, 2.45) is 0 Å². The number of benzene rings is 1. The molecular weight excluding hydrogens is 437 g/mol. The van der Waals surface area contributed by atoms with Crippen LogP contribution in [-0.2, 0) is 18.4 Å². The molecule has 1 fully saturated rings. The molecule has 1 aromatic carbocycles. The van der Waals surface area contributed by atoms with Crippen molar-refractivity contribution >= 4 is 22.7 Å². The lowest BCUT2D eigenvalue weighted by Crippen LogP contribution is -2.24. The average Bonchev–Trinajstić information content (AvgIpc) is 3.39. The summed E-state index contributed by atoms with van der Waals surface area (Å²) in [6, 6.07) is 6.22. The third-order valence-corrected chi connectivity index (χ3v) is 6.79. The average molecular weight is 464 g/mol. The van der Waals surface area contributed by atoms with E-state index in [1.807, 2.05) is 19.9 Å². The lowest BCUT2D eigenvalue weighted by molar-refractivity contribution is 0.410. The van der Waals surface area contributed by atoms with E-state index in [2.05, 4.69) is 37.7 Å². The summed E-state index contributed by atoms with van der Waals surface area (Å²) in [7, 11) is 0. The van der Waals surface area contributed by atoms with Crippen molar-refractivity contribution in [2.45, 2.75) is 51.1 Å². The van der Waals surface area contributed by atoms with Crippen LogP contribution in [0.1, 0.15) is 49.6 Å². The summed E-state index contributed by atoms with van der Waals surface area (Å²) in [6.07, 6.45) is 5.47. The second-order valence-corrected chi connectivity index (χ2v) is 9.45. The Balaban J connectivity index is 1.43. The van der Waals surface area contributed by atoms with Crippen LogP contribution in [0.3, 0.4) is 0 Å². The molecule has 1 aliphatic heterocycles. The van der Waals surface area contributed by atoms with Gasteiger partial charge in [0.25, 0.3) is 5.56 Å². The van der Waals surface area contributed by atoms with E-state index < -0.39 is 12.1 Å². The van der Waals surface area contributed by atoms with Crippen molar-refractivity contribution in [1.82, 2.24) is 29.6 Å². The molecule has 4 aromatic rings. The topological polar surface area (TPSA) is 103 Å². The molecule has 2 N–H and O–H groups in total. The Hall–Kier alpha value is -3.53. The minimum Gasteiger partial charge on any atom is -0.430 e. The second-order valence-electron chi connectivity index (χ2n) is 9.45. The Bertz CT molecular complexity index is 1450. The van der Waals surface area contributed by atoms with E-state index in [9.17, 15) is 9.18 Å². The van der Waals surface area contributed by atoms with Crippen molar-refractivity contribution in [3.63, 3.8) is 0 Å². The normalized spacial score (nSPS) is 16.7. The molecule has 0 saturated heterocycles. The zero-order valence-electron chi connectivity index (χ0n) is 19.1. The minimum absolute atomic E-state index is 0.182. The monoisotopic (exact) mass is 463 g/mol. The van der Waals surface area contributed by atoms with Crippen LogP contribution >= 0.6 is 0 Å². The molecule has 0 radical (unpaired) electrons. The largest absolute Gasteiger partial charge is 0.430 e. The Morgan fingerprint density at radius 2 is 2.12 bits per heavy atom. The molecule has 0 bridgehead atoms. The number of nitrogens with zero attached hydrogens (tertiary/aromatic N) is 5. The zero-order chi connectivity index (χ0) is 23.4. The SMILES string of the molecule is CC(C)n1c(=O)c2cnc(Nc3ccc4c(c3)CCNC4)nc2n1-c1nc(C2(CF)CC2)co1. The van der Waals surface area contributed by atoms with Crippen LogP contribution in [0.5, 0.6) is 0 Å². The Kier molecular flexibility index (Phi) is 4.80. The molecule has 1 aliphatic carbocycles. The molecule has 176 valence electrons. The first kappa shape index (κ1) is 21.0. The van der Waals surface area contributed by atoms with E-state index in [-0.39, 0.29) is 17.6 Å². The van der Waals surface area contributed by atoms with Crippen molar-refractivity contribution < 1.29 is 8.81 Å². The number of aromatic nitrogens is 5. The lowest BCUT2D eigenvalue weighted by atomic mass is 10.0. The van der Waals surface area contributed by atoms with E-state index in [0.29, 0.717) is 22.7 Å².